The molecule has 17 heavy (non-hydrogen) atoms. The number of aryl methyl sites for hydroxylation is 1. The molecule has 0 heterocycles. The van der Waals surface area contributed by atoms with Crippen LogP contribution in [0.25, 0.3) is 0 Å². The van der Waals surface area contributed by atoms with Crippen molar-refractivity contribution in [2.75, 3.05) is 7.11 Å². The molecule has 0 bridgehead atoms. The van der Waals surface area contributed by atoms with Gasteiger partial charge in [-0.3, -0.25) is 4.99 Å². The zero-order valence-electron chi connectivity index (χ0n) is 11.2. The highest BCUT2D eigenvalue weighted by Gasteiger charge is 2.10. The lowest BCUT2D eigenvalue weighted by Crippen LogP contribution is -2.10. The van der Waals surface area contributed by atoms with Gasteiger partial charge in [0.05, 0.1) is 12.6 Å². The predicted octanol–water partition coefficient (Wildman–Crippen LogP) is 3.18. The lowest BCUT2D eigenvalue weighted by molar-refractivity contribution is 0.406. The lowest BCUT2D eigenvalue weighted by Gasteiger charge is -2.13. The highest BCUT2D eigenvalue weighted by atomic mass is 16.5. The maximum atomic E-state index is 9.96. The molecule has 3 nitrogen and oxygen atoms in total. The van der Waals surface area contributed by atoms with Gasteiger partial charge in [-0.15, -0.1) is 0 Å². The zero-order chi connectivity index (χ0) is 13.1. The van der Waals surface area contributed by atoms with Gasteiger partial charge in [-0.05, 0) is 38.8 Å². The minimum atomic E-state index is -0.141. The number of aromatic hydroxyl groups is 1. The topological polar surface area (TPSA) is 41.8 Å². The maximum absolute atomic E-state index is 9.96. The summed E-state index contributed by atoms with van der Waals surface area (Å²) in [6.07, 6.45) is 2.57. The van der Waals surface area contributed by atoms with Gasteiger partial charge in [-0.1, -0.05) is 6.92 Å². The Balaban J connectivity index is 3.19. The van der Waals surface area contributed by atoms with Crippen LogP contribution in [-0.4, -0.2) is 24.0 Å². The third-order valence-electron chi connectivity index (χ3n) is 2.41. The summed E-state index contributed by atoms with van der Waals surface area (Å²) in [4.78, 5) is 4.43. The molecule has 94 valence electrons. The molecule has 0 aliphatic rings. The van der Waals surface area contributed by atoms with E-state index in [-0.39, 0.29) is 11.3 Å². The molecule has 0 saturated carbocycles. The number of phenolic OH excluding ortho intramolecular Hbond substituents is 1. The zero-order valence-corrected chi connectivity index (χ0v) is 11.2. The van der Waals surface area contributed by atoms with E-state index in [2.05, 4.69) is 4.99 Å². The summed E-state index contributed by atoms with van der Waals surface area (Å²) in [5.74, 6) is 0.890. The summed E-state index contributed by atoms with van der Waals surface area (Å²) in [6.45, 7) is 8.11. The molecule has 0 unspecified atom stereocenters. The number of hydrogen-bond donors (Lipinski definition) is 1. The number of aliphatic imine (C=N–C) groups is 1. The highest BCUT2D eigenvalue weighted by molar-refractivity contribution is 5.86. The van der Waals surface area contributed by atoms with E-state index in [1.54, 1.807) is 19.4 Å². The van der Waals surface area contributed by atoms with Crippen LogP contribution in [-0.2, 0) is 6.42 Å². The van der Waals surface area contributed by atoms with Gasteiger partial charge in [-0.2, -0.15) is 0 Å². The molecule has 1 N–H and O–H groups in total. The van der Waals surface area contributed by atoms with Gasteiger partial charge in [0, 0.05) is 17.8 Å². The van der Waals surface area contributed by atoms with E-state index >= 15 is 0 Å². The second-order valence-electron chi connectivity index (χ2n) is 5.00. The van der Waals surface area contributed by atoms with Crippen molar-refractivity contribution in [2.45, 2.75) is 39.7 Å². The van der Waals surface area contributed by atoms with Crippen LogP contribution in [0.5, 0.6) is 11.5 Å². The molecule has 0 radical (unpaired) electrons. The van der Waals surface area contributed by atoms with Crippen LogP contribution >= 0.6 is 0 Å². The summed E-state index contributed by atoms with van der Waals surface area (Å²) in [5, 5.41) is 9.96. The molecule has 0 fully saturated rings. The SMILES string of the molecule is CCc1cc(OC)cc(O)c1C=NC(C)(C)C. The normalized spacial score (nSPS) is 12.1. The Labute approximate surface area is 103 Å². The molecule has 0 amide bonds. The Hall–Kier alpha value is -1.51. The highest BCUT2D eigenvalue weighted by Crippen LogP contribution is 2.27. The van der Waals surface area contributed by atoms with Crippen LogP contribution in [0.3, 0.4) is 0 Å². The van der Waals surface area contributed by atoms with Crippen molar-refractivity contribution in [3.05, 3.63) is 23.3 Å². The third kappa shape index (κ3) is 3.77. The molecule has 0 spiro atoms. The first-order valence-corrected chi connectivity index (χ1v) is 5.82. The van der Waals surface area contributed by atoms with Gasteiger partial charge in [0.25, 0.3) is 0 Å². The quantitative estimate of drug-likeness (QED) is 0.817. The smallest absolute Gasteiger partial charge is 0.128 e. The van der Waals surface area contributed by atoms with Gasteiger partial charge < -0.3 is 9.84 Å². The molecule has 0 aliphatic heterocycles. The Morgan fingerprint density at radius 3 is 2.47 bits per heavy atom. The number of ether oxygens (including phenoxy) is 1. The molecule has 1 rings (SSSR count). The Morgan fingerprint density at radius 2 is 2.00 bits per heavy atom. The molecular formula is C14H21NO2. The molecule has 0 atom stereocenters. The van der Waals surface area contributed by atoms with Crippen molar-refractivity contribution in [3.63, 3.8) is 0 Å². The number of methoxy groups -OCH3 is 1. The molecule has 1 aromatic rings. The monoisotopic (exact) mass is 235 g/mol. The summed E-state index contributed by atoms with van der Waals surface area (Å²) < 4.78 is 5.13. The fraction of sp³-hybridized carbons (Fsp3) is 0.500. The number of rotatable bonds is 3. The number of phenols is 1. The van der Waals surface area contributed by atoms with E-state index in [4.69, 9.17) is 4.74 Å². The number of nitrogens with zero attached hydrogens (tertiary/aromatic N) is 1. The molecule has 1 aromatic carbocycles. The van der Waals surface area contributed by atoms with Crippen molar-refractivity contribution >= 4 is 6.21 Å². The van der Waals surface area contributed by atoms with Crippen LogP contribution < -0.4 is 4.74 Å². The minimum Gasteiger partial charge on any atom is -0.507 e. The fourth-order valence-corrected chi connectivity index (χ4v) is 1.49. The van der Waals surface area contributed by atoms with Crippen molar-refractivity contribution in [1.82, 2.24) is 0 Å². The molecular weight excluding hydrogens is 214 g/mol. The second kappa shape index (κ2) is 5.21. The van der Waals surface area contributed by atoms with Gasteiger partial charge in [0.2, 0.25) is 0 Å². The first-order valence-electron chi connectivity index (χ1n) is 5.82. The fourth-order valence-electron chi connectivity index (χ4n) is 1.49. The molecule has 0 aromatic heterocycles. The van der Waals surface area contributed by atoms with E-state index in [1.165, 1.54) is 0 Å². The van der Waals surface area contributed by atoms with Gasteiger partial charge in [-0.25, -0.2) is 0 Å². The Morgan fingerprint density at radius 1 is 1.35 bits per heavy atom. The number of hydrogen-bond acceptors (Lipinski definition) is 3. The average molecular weight is 235 g/mol. The van der Waals surface area contributed by atoms with Crippen molar-refractivity contribution in [2.24, 2.45) is 4.99 Å². The standard InChI is InChI=1S/C14H21NO2/c1-6-10-7-11(17-5)8-13(16)12(10)9-15-14(2,3)4/h7-9,16H,6H2,1-5H3. The van der Waals surface area contributed by atoms with Crippen LogP contribution in [0.4, 0.5) is 0 Å². The van der Waals surface area contributed by atoms with Crippen molar-refractivity contribution in [1.29, 1.82) is 0 Å². The van der Waals surface area contributed by atoms with Crippen molar-refractivity contribution < 1.29 is 9.84 Å². The van der Waals surface area contributed by atoms with Crippen molar-refractivity contribution in [3.8, 4) is 11.5 Å². The van der Waals surface area contributed by atoms with E-state index in [1.807, 2.05) is 33.8 Å². The lowest BCUT2D eigenvalue weighted by atomic mass is 10.0. The number of benzene rings is 1. The van der Waals surface area contributed by atoms with Crippen LogP contribution in [0.1, 0.15) is 38.8 Å². The summed E-state index contributed by atoms with van der Waals surface area (Å²) in [6, 6.07) is 3.55. The van der Waals surface area contributed by atoms with E-state index in [0.717, 1.165) is 17.5 Å². The summed E-state index contributed by atoms with van der Waals surface area (Å²) >= 11 is 0. The Bertz CT molecular complexity index is 417. The first-order chi connectivity index (χ1) is 7.87. The molecule has 0 aliphatic carbocycles. The van der Waals surface area contributed by atoms with E-state index in [9.17, 15) is 5.11 Å². The second-order valence-corrected chi connectivity index (χ2v) is 5.00. The van der Waals surface area contributed by atoms with E-state index < -0.39 is 0 Å². The van der Waals surface area contributed by atoms with Gasteiger partial charge in [0.15, 0.2) is 0 Å². The van der Waals surface area contributed by atoms with Gasteiger partial charge in [0.1, 0.15) is 11.5 Å². The summed E-state index contributed by atoms with van der Waals surface area (Å²) in [7, 11) is 1.59. The minimum absolute atomic E-state index is 0.141. The average Bonchev–Trinajstić information content (AvgIpc) is 2.25. The summed E-state index contributed by atoms with van der Waals surface area (Å²) in [5.41, 5.74) is 1.68. The maximum Gasteiger partial charge on any atom is 0.128 e. The van der Waals surface area contributed by atoms with Gasteiger partial charge >= 0.3 is 0 Å². The Kier molecular flexibility index (Phi) is 4.16. The van der Waals surface area contributed by atoms with Crippen LogP contribution in [0.2, 0.25) is 0 Å². The molecule has 0 saturated heterocycles. The molecule has 3 heteroatoms. The third-order valence-corrected chi connectivity index (χ3v) is 2.41. The predicted molar refractivity (Wildman–Crippen MR) is 71.4 cm³/mol. The van der Waals surface area contributed by atoms with E-state index in [0.29, 0.717) is 5.75 Å². The first kappa shape index (κ1) is 13.6. The van der Waals surface area contributed by atoms with Crippen LogP contribution in [0.15, 0.2) is 17.1 Å². The largest absolute Gasteiger partial charge is 0.507 e. The van der Waals surface area contributed by atoms with Crippen LogP contribution in [0, 0.1) is 0 Å².